The van der Waals surface area contributed by atoms with E-state index in [1.807, 2.05) is 0 Å². The highest BCUT2D eigenvalue weighted by Gasteiger charge is 2.31. The molecule has 1 atom stereocenters. The Bertz CT molecular complexity index is 563. The second-order valence-electron chi connectivity index (χ2n) is 4.15. The lowest BCUT2D eigenvalue weighted by Crippen LogP contribution is -2.17. The molecule has 0 aromatic heterocycles. The molecule has 0 amide bonds. The van der Waals surface area contributed by atoms with Crippen LogP contribution in [0.4, 0.5) is 17.6 Å². The summed E-state index contributed by atoms with van der Waals surface area (Å²) in [5, 5.41) is 0. The van der Waals surface area contributed by atoms with Crippen LogP contribution >= 0.6 is 0 Å². The van der Waals surface area contributed by atoms with E-state index in [0.29, 0.717) is 11.1 Å². The van der Waals surface area contributed by atoms with Crippen LogP contribution in [0.3, 0.4) is 0 Å². The van der Waals surface area contributed by atoms with Crippen molar-refractivity contribution in [3.8, 4) is 5.75 Å². The highest BCUT2D eigenvalue weighted by Crippen LogP contribution is 2.26. The minimum absolute atomic E-state index is 0.312. The third-order valence-corrected chi connectivity index (χ3v) is 2.70. The molecule has 0 bridgehead atoms. The Morgan fingerprint density at radius 2 is 1.30 bits per heavy atom. The first-order valence-electron chi connectivity index (χ1n) is 5.72. The van der Waals surface area contributed by atoms with Crippen molar-refractivity contribution in [2.75, 3.05) is 0 Å². The number of alkyl halides is 3. The van der Waals surface area contributed by atoms with Gasteiger partial charge in [-0.1, -0.05) is 24.3 Å². The summed E-state index contributed by atoms with van der Waals surface area (Å²) in [6, 6.07) is 10.3. The molecule has 0 spiro atoms. The first-order chi connectivity index (χ1) is 9.35. The Morgan fingerprint density at radius 1 is 0.850 bits per heavy atom. The number of ether oxygens (including phenoxy) is 1. The fraction of sp³-hybridized carbons (Fsp3) is 0.143. The van der Waals surface area contributed by atoms with E-state index in [-0.39, 0.29) is 11.6 Å². The van der Waals surface area contributed by atoms with Gasteiger partial charge < -0.3 is 10.5 Å². The number of benzene rings is 2. The average Bonchev–Trinajstić information content (AvgIpc) is 2.38. The molecule has 20 heavy (non-hydrogen) atoms. The number of halogens is 4. The fourth-order valence-electron chi connectivity index (χ4n) is 1.74. The molecule has 1 unspecified atom stereocenters. The van der Waals surface area contributed by atoms with Crippen molar-refractivity contribution in [3.63, 3.8) is 0 Å². The number of rotatable bonds is 3. The largest absolute Gasteiger partial charge is 0.573 e. The maximum Gasteiger partial charge on any atom is 0.573 e. The van der Waals surface area contributed by atoms with Crippen LogP contribution in [-0.4, -0.2) is 6.36 Å². The van der Waals surface area contributed by atoms with Crippen LogP contribution in [0.25, 0.3) is 0 Å². The minimum atomic E-state index is -4.72. The molecule has 106 valence electrons. The van der Waals surface area contributed by atoms with E-state index in [1.54, 1.807) is 0 Å². The minimum Gasteiger partial charge on any atom is -0.406 e. The molecule has 0 aliphatic heterocycles. The van der Waals surface area contributed by atoms with Gasteiger partial charge in [0.1, 0.15) is 11.6 Å². The molecule has 2 N–H and O–H groups in total. The monoisotopic (exact) mass is 285 g/mol. The van der Waals surface area contributed by atoms with Crippen molar-refractivity contribution in [1.29, 1.82) is 0 Å². The van der Waals surface area contributed by atoms with Crippen molar-refractivity contribution in [3.05, 3.63) is 65.5 Å². The Kier molecular flexibility index (Phi) is 3.94. The number of hydrogen-bond acceptors (Lipinski definition) is 2. The maximum absolute atomic E-state index is 12.8. The van der Waals surface area contributed by atoms with Gasteiger partial charge in [-0.15, -0.1) is 13.2 Å². The quantitative estimate of drug-likeness (QED) is 0.871. The van der Waals surface area contributed by atoms with Gasteiger partial charge in [0.05, 0.1) is 6.04 Å². The van der Waals surface area contributed by atoms with Gasteiger partial charge in [0.15, 0.2) is 0 Å². The highest BCUT2D eigenvalue weighted by atomic mass is 19.4. The Labute approximate surface area is 112 Å². The zero-order valence-corrected chi connectivity index (χ0v) is 10.2. The first kappa shape index (κ1) is 14.3. The van der Waals surface area contributed by atoms with Gasteiger partial charge in [0.25, 0.3) is 0 Å². The molecule has 2 rings (SSSR count). The maximum atomic E-state index is 12.8. The predicted octanol–water partition coefficient (Wildman–Crippen LogP) is 3.77. The molecular weight excluding hydrogens is 274 g/mol. The summed E-state index contributed by atoms with van der Waals surface area (Å²) >= 11 is 0. The lowest BCUT2D eigenvalue weighted by atomic mass is 10.00. The third-order valence-electron chi connectivity index (χ3n) is 2.70. The van der Waals surface area contributed by atoms with Crippen LogP contribution in [0, 0.1) is 5.82 Å². The van der Waals surface area contributed by atoms with Gasteiger partial charge in [-0.05, 0) is 35.4 Å². The second kappa shape index (κ2) is 5.50. The van der Waals surface area contributed by atoms with Gasteiger partial charge in [0.2, 0.25) is 0 Å². The Balaban J connectivity index is 2.15. The SMILES string of the molecule is NC(c1ccc(F)cc1)c1ccc(OC(F)(F)F)cc1. The van der Waals surface area contributed by atoms with Crippen molar-refractivity contribution in [2.24, 2.45) is 5.73 Å². The van der Waals surface area contributed by atoms with Crippen LogP contribution < -0.4 is 10.5 Å². The number of hydrogen-bond donors (Lipinski definition) is 1. The van der Waals surface area contributed by atoms with Crippen molar-refractivity contribution in [1.82, 2.24) is 0 Å². The second-order valence-corrected chi connectivity index (χ2v) is 4.15. The molecule has 0 saturated carbocycles. The summed E-state index contributed by atoms with van der Waals surface area (Å²) in [6.45, 7) is 0. The predicted molar refractivity (Wildman–Crippen MR) is 65.6 cm³/mol. The first-order valence-corrected chi connectivity index (χ1v) is 5.72. The van der Waals surface area contributed by atoms with E-state index in [0.717, 1.165) is 0 Å². The summed E-state index contributed by atoms with van der Waals surface area (Å²) < 4.78 is 52.6. The average molecular weight is 285 g/mol. The summed E-state index contributed by atoms with van der Waals surface area (Å²) in [6.07, 6.45) is -4.72. The molecule has 0 aliphatic rings. The molecule has 0 radical (unpaired) electrons. The molecule has 2 aromatic carbocycles. The van der Waals surface area contributed by atoms with Crippen LogP contribution in [0.15, 0.2) is 48.5 Å². The topological polar surface area (TPSA) is 35.2 Å². The molecular formula is C14H11F4NO. The molecule has 0 heterocycles. The Morgan fingerprint density at radius 3 is 1.75 bits per heavy atom. The fourth-order valence-corrected chi connectivity index (χ4v) is 1.74. The zero-order valence-electron chi connectivity index (χ0n) is 10.2. The van der Waals surface area contributed by atoms with Crippen molar-refractivity contribution in [2.45, 2.75) is 12.4 Å². The van der Waals surface area contributed by atoms with E-state index in [1.165, 1.54) is 48.5 Å². The summed E-state index contributed by atoms with van der Waals surface area (Å²) in [5.74, 6) is -0.692. The third kappa shape index (κ3) is 3.71. The standard InChI is InChI=1S/C14H11F4NO/c15-11-5-1-9(2-6-11)13(19)10-3-7-12(8-4-10)20-14(16,17)18/h1-8,13H,19H2. The normalized spacial score (nSPS) is 13.1. The molecule has 2 nitrogen and oxygen atoms in total. The Hall–Kier alpha value is -2.08. The van der Waals surface area contributed by atoms with Crippen LogP contribution in [0.1, 0.15) is 17.2 Å². The lowest BCUT2D eigenvalue weighted by Gasteiger charge is -2.14. The van der Waals surface area contributed by atoms with E-state index < -0.39 is 12.4 Å². The summed E-state index contributed by atoms with van der Waals surface area (Å²) in [4.78, 5) is 0. The van der Waals surface area contributed by atoms with Gasteiger partial charge in [-0.3, -0.25) is 0 Å². The summed E-state index contributed by atoms with van der Waals surface area (Å²) in [7, 11) is 0. The van der Waals surface area contributed by atoms with Gasteiger partial charge in [0, 0.05) is 0 Å². The van der Waals surface area contributed by atoms with Crippen LogP contribution in [0.2, 0.25) is 0 Å². The van der Waals surface area contributed by atoms with Gasteiger partial charge in [-0.2, -0.15) is 0 Å². The van der Waals surface area contributed by atoms with Gasteiger partial charge in [-0.25, -0.2) is 4.39 Å². The number of nitrogens with two attached hydrogens (primary N) is 1. The van der Waals surface area contributed by atoms with Crippen molar-refractivity contribution < 1.29 is 22.3 Å². The van der Waals surface area contributed by atoms with Crippen LogP contribution in [0.5, 0.6) is 5.75 Å². The van der Waals surface area contributed by atoms with Gasteiger partial charge >= 0.3 is 6.36 Å². The van der Waals surface area contributed by atoms with E-state index in [2.05, 4.69) is 4.74 Å². The van der Waals surface area contributed by atoms with Crippen LogP contribution in [-0.2, 0) is 0 Å². The summed E-state index contributed by atoms with van der Waals surface area (Å²) in [5.41, 5.74) is 7.22. The van der Waals surface area contributed by atoms with Crippen molar-refractivity contribution >= 4 is 0 Å². The zero-order chi connectivity index (χ0) is 14.8. The molecule has 0 fully saturated rings. The molecule has 0 aliphatic carbocycles. The van der Waals surface area contributed by atoms with E-state index >= 15 is 0 Å². The molecule has 2 aromatic rings. The molecule has 6 heteroatoms. The van der Waals surface area contributed by atoms with E-state index in [4.69, 9.17) is 5.73 Å². The smallest absolute Gasteiger partial charge is 0.406 e. The lowest BCUT2D eigenvalue weighted by molar-refractivity contribution is -0.274. The molecule has 0 saturated heterocycles. The highest BCUT2D eigenvalue weighted by molar-refractivity contribution is 5.35. The van der Waals surface area contributed by atoms with E-state index in [9.17, 15) is 17.6 Å².